The van der Waals surface area contributed by atoms with Crippen LogP contribution in [0.3, 0.4) is 0 Å². The zero-order valence-electron chi connectivity index (χ0n) is 22.9. The third kappa shape index (κ3) is 25.8. The minimum absolute atomic E-state index is 0.133. The number of hydrogen-bond donors (Lipinski definition) is 1. The average Bonchev–Trinajstić information content (AvgIpc) is 3.69. The van der Waals surface area contributed by atoms with E-state index >= 15 is 0 Å². The van der Waals surface area contributed by atoms with Crippen LogP contribution >= 0.6 is 0 Å². The molecule has 5 nitrogen and oxygen atoms in total. The van der Waals surface area contributed by atoms with Crippen molar-refractivity contribution in [3.8, 4) is 11.8 Å². The van der Waals surface area contributed by atoms with Crippen LogP contribution < -0.4 is 5.32 Å². The number of rotatable bonds is 26. The molecule has 1 fully saturated rings. The Balaban J connectivity index is 1.69. The molecule has 1 N–H and O–H groups in total. The number of carbonyl (C=O) groups is 1. The third-order valence-corrected chi connectivity index (χ3v) is 6.38. The fourth-order valence-corrected chi connectivity index (χ4v) is 4.03. The molecule has 0 aromatic heterocycles. The van der Waals surface area contributed by atoms with Crippen molar-refractivity contribution in [2.75, 3.05) is 39.6 Å². The Labute approximate surface area is 216 Å². The van der Waals surface area contributed by atoms with E-state index in [9.17, 15) is 4.79 Å². The summed E-state index contributed by atoms with van der Waals surface area (Å²) in [5.41, 5.74) is 0. The van der Waals surface area contributed by atoms with Gasteiger partial charge in [0.05, 0.1) is 33.0 Å². The molecule has 1 unspecified atom stereocenters. The van der Waals surface area contributed by atoms with E-state index < -0.39 is 0 Å². The molecule has 0 saturated carbocycles. The van der Waals surface area contributed by atoms with Gasteiger partial charge in [-0.15, -0.1) is 11.8 Å². The Morgan fingerprint density at radius 2 is 1.26 bits per heavy atom. The standard InChI is InChI=1S/C30H55NO4/c1-2-3-4-5-6-7-8-9-10-11-12-13-14-15-16-17-18-19-20-21-22-30(32)31-23-24-33-25-26-34-27-29-28-35-29/h29H,2-12,15-28H2,1H3,(H,31,32). The van der Waals surface area contributed by atoms with E-state index in [2.05, 4.69) is 24.1 Å². The molecule has 5 heteroatoms. The van der Waals surface area contributed by atoms with E-state index in [0.717, 1.165) is 32.3 Å². The Morgan fingerprint density at radius 1 is 0.743 bits per heavy atom. The van der Waals surface area contributed by atoms with Crippen molar-refractivity contribution < 1.29 is 19.0 Å². The van der Waals surface area contributed by atoms with Gasteiger partial charge in [-0.1, -0.05) is 90.4 Å². The lowest BCUT2D eigenvalue weighted by Gasteiger charge is -2.07. The lowest BCUT2D eigenvalue weighted by atomic mass is 10.1. The van der Waals surface area contributed by atoms with E-state index in [-0.39, 0.29) is 5.91 Å². The van der Waals surface area contributed by atoms with Crippen LogP contribution in [0.4, 0.5) is 0 Å². The number of nitrogens with one attached hydrogen (secondary N) is 1. The molecule has 1 aliphatic heterocycles. The molecule has 0 aromatic rings. The molecule has 1 heterocycles. The van der Waals surface area contributed by atoms with Crippen LogP contribution in [0, 0.1) is 11.8 Å². The van der Waals surface area contributed by atoms with Gasteiger partial charge >= 0.3 is 0 Å². The first-order valence-electron chi connectivity index (χ1n) is 14.8. The number of epoxide rings is 1. The monoisotopic (exact) mass is 493 g/mol. The molecule has 1 aliphatic rings. The van der Waals surface area contributed by atoms with Gasteiger partial charge in [-0.3, -0.25) is 4.79 Å². The maximum absolute atomic E-state index is 11.8. The molecular formula is C30H55NO4. The fraction of sp³-hybridized carbons (Fsp3) is 0.900. The number of unbranched alkanes of at least 4 members (excludes halogenated alkanes) is 16. The van der Waals surface area contributed by atoms with Crippen molar-refractivity contribution in [2.24, 2.45) is 0 Å². The van der Waals surface area contributed by atoms with Gasteiger partial charge < -0.3 is 19.5 Å². The average molecular weight is 494 g/mol. The van der Waals surface area contributed by atoms with Gasteiger partial charge in [0.2, 0.25) is 5.91 Å². The second-order valence-corrected chi connectivity index (χ2v) is 9.90. The van der Waals surface area contributed by atoms with Gasteiger partial charge in [0.15, 0.2) is 0 Å². The number of ether oxygens (including phenoxy) is 3. The van der Waals surface area contributed by atoms with Crippen LogP contribution in [0.1, 0.15) is 129 Å². The topological polar surface area (TPSA) is 60.1 Å². The van der Waals surface area contributed by atoms with E-state index in [1.165, 1.54) is 89.9 Å². The van der Waals surface area contributed by atoms with Gasteiger partial charge in [0.25, 0.3) is 0 Å². The first-order valence-corrected chi connectivity index (χ1v) is 14.8. The van der Waals surface area contributed by atoms with Gasteiger partial charge in [0, 0.05) is 25.8 Å². The lowest BCUT2D eigenvalue weighted by molar-refractivity contribution is -0.121. The van der Waals surface area contributed by atoms with Crippen LogP contribution in [0.2, 0.25) is 0 Å². The zero-order valence-corrected chi connectivity index (χ0v) is 22.9. The molecule has 0 aromatic carbocycles. The first-order chi connectivity index (χ1) is 17.3. The molecule has 1 amide bonds. The predicted octanol–water partition coefficient (Wildman–Crippen LogP) is 6.97. The SMILES string of the molecule is CCCCCCCCCCCCC#CCCCCCCCCC(=O)NCCOCCOCC1CO1. The van der Waals surface area contributed by atoms with Crippen molar-refractivity contribution in [1.82, 2.24) is 5.32 Å². The second kappa shape index (κ2) is 26.0. The molecule has 0 aliphatic carbocycles. The first kappa shape index (κ1) is 31.9. The van der Waals surface area contributed by atoms with Gasteiger partial charge in [-0.2, -0.15) is 0 Å². The molecule has 1 saturated heterocycles. The highest BCUT2D eigenvalue weighted by atomic mass is 16.6. The molecule has 1 rings (SSSR count). The molecule has 1 atom stereocenters. The lowest BCUT2D eigenvalue weighted by Crippen LogP contribution is -2.27. The van der Waals surface area contributed by atoms with E-state index in [4.69, 9.17) is 14.2 Å². The summed E-state index contributed by atoms with van der Waals surface area (Å²) >= 11 is 0. The normalized spacial score (nSPS) is 14.5. The molecule has 35 heavy (non-hydrogen) atoms. The fourth-order valence-electron chi connectivity index (χ4n) is 4.03. The van der Waals surface area contributed by atoms with Crippen LogP contribution in [0.5, 0.6) is 0 Å². The largest absolute Gasteiger partial charge is 0.377 e. The Hall–Kier alpha value is -1.09. The predicted molar refractivity (Wildman–Crippen MR) is 146 cm³/mol. The Bertz CT molecular complexity index is 524. The van der Waals surface area contributed by atoms with Gasteiger partial charge in [-0.25, -0.2) is 0 Å². The summed E-state index contributed by atoms with van der Waals surface area (Å²) in [7, 11) is 0. The summed E-state index contributed by atoms with van der Waals surface area (Å²) in [4.78, 5) is 11.8. The minimum Gasteiger partial charge on any atom is -0.377 e. The maximum atomic E-state index is 11.8. The van der Waals surface area contributed by atoms with Crippen molar-refractivity contribution in [2.45, 2.75) is 135 Å². The van der Waals surface area contributed by atoms with E-state index in [1.54, 1.807) is 0 Å². The van der Waals surface area contributed by atoms with Crippen LogP contribution in [0.25, 0.3) is 0 Å². The third-order valence-electron chi connectivity index (χ3n) is 6.38. The summed E-state index contributed by atoms with van der Waals surface area (Å²) in [5, 5.41) is 2.92. The Kier molecular flexibility index (Phi) is 23.7. The van der Waals surface area contributed by atoms with Crippen LogP contribution in [0.15, 0.2) is 0 Å². The van der Waals surface area contributed by atoms with Crippen molar-refractivity contribution >= 4 is 5.91 Å². The van der Waals surface area contributed by atoms with Crippen LogP contribution in [-0.4, -0.2) is 51.6 Å². The quantitative estimate of drug-likeness (QED) is 0.0803. The smallest absolute Gasteiger partial charge is 0.220 e. The van der Waals surface area contributed by atoms with Crippen LogP contribution in [-0.2, 0) is 19.0 Å². The van der Waals surface area contributed by atoms with Crippen molar-refractivity contribution in [1.29, 1.82) is 0 Å². The molecular weight excluding hydrogens is 438 g/mol. The summed E-state index contributed by atoms with van der Waals surface area (Å²) in [5.74, 6) is 6.85. The number of amides is 1. The molecule has 204 valence electrons. The van der Waals surface area contributed by atoms with Gasteiger partial charge in [0.1, 0.15) is 6.10 Å². The molecule has 0 bridgehead atoms. The molecule has 0 radical (unpaired) electrons. The highest BCUT2D eigenvalue weighted by Gasteiger charge is 2.21. The summed E-state index contributed by atoms with van der Waals surface area (Å²) in [6.45, 7) is 6.02. The van der Waals surface area contributed by atoms with E-state index in [0.29, 0.717) is 45.5 Å². The minimum atomic E-state index is 0.133. The summed E-state index contributed by atoms with van der Waals surface area (Å²) in [6.07, 6.45) is 24.0. The highest BCUT2D eigenvalue weighted by molar-refractivity contribution is 5.75. The molecule has 0 spiro atoms. The Morgan fingerprint density at radius 3 is 1.83 bits per heavy atom. The van der Waals surface area contributed by atoms with Crippen molar-refractivity contribution in [3.05, 3.63) is 0 Å². The zero-order chi connectivity index (χ0) is 25.1. The highest BCUT2D eigenvalue weighted by Crippen LogP contribution is 2.11. The number of carbonyl (C=O) groups excluding carboxylic acids is 1. The van der Waals surface area contributed by atoms with E-state index in [1.807, 2.05) is 0 Å². The maximum Gasteiger partial charge on any atom is 0.220 e. The summed E-state index contributed by atoms with van der Waals surface area (Å²) < 4.78 is 15.9. The van der Waals surface area contributed by atoms with Gasteiger partial charge in [-0.05, 0) is 19.3 Å². The summed E-state index contributed by atoms with van der Waals surface area (Å²) in [6, 6.07) is 0. The number of hydrogen-bond acceptors (Lipinski definition) is 4. The van der Waals surface area contributed by atoms with Crippen molar-refractivity contribution in [3.63, 3.8) is 0 Å². The second-order valence-electron chi connectivity index (χ2n) is 9.90.